The SMILES string of the molecule is CC(C)(C)[Si](C)(C)OCC(O)[C@@H](N)CC1CCCCC1. The van der Waals surface area contributed by atoms with Gasteiger partial charge in [-0.2, -0.15) is 0 Å². The van der Waals surface area contributed by atoms with Gasteiger partial charge in [-0.3, -0.25) is 0 Å². The van der Waals surface area contributed by atoms with E-state index in [1.54, 1.807) is 0 Å². The maximum atomic E-state index is 10.2. The van der Waals surface area contributed by atoms with Crippen LogP contribution in [0.15, 0.2) is 0 Å². The molecule has 0 bridgehead atoms. The quantitative estimate of drug-likeness (QED) is 0.736. The molecule has 0 spiro atoms. The van der Waals surface area contributed by atoms with Gasteiger partial charge in [-0.05, 0) is 30.5 Å². The van der Waals surface area contributed by atoms with Crippen molar-refractivity contribution < 1.29 is 9.53 Å². The van der Waals surface area contributed by atoms with E-state index in [4.69, 9.17) is 10.2 Å². The molecule has 0 aromatic rings. The molecule has 0 saturated heterocycles. The first-order valence-corrected chi connectivity index (χ1v) is 11.1. The van der Waals surface area contributed by atoms with E-state index in [-0.39, 0.29) is 11.1 Å². The van der Waals surface area contributed by atoms with Crippen molar-refractivity contribution in [2.24, 2.45) is 11.7 Å². The van der Waals surface area contributed by atoms with E-state index in [0.29, 0.717) is 12.5 Å². The van der Waals surface area contributed by atoms with Crippen LogP contribution >= 0.6 is 0 Å². The van der Waals surface area contributed by atoms with E-state index < -0.39 is 14.4 Å². The Hall–Kier alpha value is 0.0969. The Labute approximate surface area is 126 Å². The maximum absolute atomic E-state index is 10.2. The Bertz CT molecular complexity index is 283. The monoisotopic (exact) mass is 301 g/mol. The zero-order valence-electron chi connectivity index (χ0n) is 14.1. The number of aliphatic hydroxyl groups excluding tert-OH is 1. The molecule has 0 radical (unpaired) electrons. The summed E-state index contributed by atoms with van der Waals surface area (Å²) in [5.74, 6) is 0.710. The molecule has 0 aromatic carbocycles. The third-order valence-corrected chi connectivity index (χ3v) is 9.75. The lowest BCUT2D eigenvalue weighted by Crippen LogP contribution is -2.46. The van der Waals surface area contributed by atoms with E-state index in [2.05, 4.69) is 33.9 Å². The summed E-state index contributed by atoms with van der Waals surface area (Å²) in [6.45, 7) is 11.5. The van der Waals surface area contributed by atoms with Gasteiger partial charge in [-0.1, -0.05) is 52.9 Å². The fraction of sp³-hybridized carbons (Fsp3) is 1.00. The highest BCUT2D eigenvalue weighted by molar-refractivity contribution is 6.74. The van der Waals surface area contributed by atoms with Crippen LogP contribution in [-0.2, 0) is 4.43 Å². The van der Waals surface area contributed by atoms with Crippen LogP contribution in [0.3, 0.4) is 0 Å². The lowest BCUT2D eigenvalue weighted by Gasteiger charge is -2.37. The predicted molar refractivity (Wildman–Crippen MR) is 88.3 cm³/mol. The summed E-state index contributed by atoms with van der Waals surface area (Å²) < 4.78 is 6.07. The average molecular weight is 302 g/mol. The largest absolute Gasteiger partial charge is 0.414 e. The molecule has 1 saturated carbocycles. The van der Waals surface area contributed by atoms with E-state index >= 15 is 0 Å². The molecule has 1 unspecified atom stereocenters. The molecular formula is C16H35NO2Si. The molecule has 120 valence electrons. The zero-order valence-corrected chi connectivity index (χ0v) is 15.1. The number of hydrogen-bond acceptors (Lipinski definition) is 3. The topological polar surface area (TPSA) is 55.5 Å². The fourth-order valence-electron chi connectivity index (χ4n) is 2.60. The average Bonchev–Trinajstić information content (AvgIpc) is 2.35. The summed E-state index contributed by atoms with van der Waals surface area (Å²) in [4.78, 5) is 0. The minimum Gasteiger partial charge on any atom is -0.414 e. The molecule has 0 aromatic heterocycles. The maximum Gasteiger partial charge on any atom is 0.192 e. The first kappa shape index (κ1) is 18.1. The number of hydrogen-bond donors (Lipinski definition) is 2. The Morgan fingerprint density at radius 3 is 2.25 bits per heavy atom. The summed E-state index contributed by atoms with van der Waals surface area (Å²) in [6.07, 6.45) is 7.01. The second-order valence-corrected chi connectivity index (χ2v) is 12.9. The molecule has 3 nitrogen and oxygen atoms in total. The van der Waals surface area contributed by atoms with Gasteiger partial charge in [0.25, 0.3) is 0 Å². The van der Waals surface area contributed by atoms with Gasteiger partial charge >= 0.3 is 0 Å². The highest BCUT2D eigenvalue weighted by Crippen LogP contribution is 2.36. The molecule has 0 amide bonds. The molecule has 20 heavy (non-hydrogen) atoms. The molecule has 0 aliphatic heterocycles. The predicted octanol–water partition coefficient (Wildman–Crippen LogP) is 3.67. The highest BCUT2D eigenvalue weighted by Gasteiger charge is 2.38. The summed E-state index contributed by atoms with van der Waals surface area (Å²) in [5.41, 5.74) is 6.17. The Morgan fingerprint density at radius 1 is 1.20 bits per heavy atom. The lowest BCUT2D eigenvalue weighted by molar-refractivity contribution is 0.0689. The molecule has 2 atom stereocenters. The van der Waals surface area contributed by atoms with Gasteiger partial charge in [0.15, 0.2) is 8.32 Å². The molecule has 0 heterocycles. The summed E-state index contributed by atoms with van der Waals surface area (Å²) >= 11 is 0. The van der Waals surface area contributed by atoms with Crippen molar-refractivity contribution in [1.82, 2.24) is 0 Å². The van der Waals surface area contributed by atoms with E-state index in [9.17, 15) is 5.11 Å². The molecule has 1 rings (SSSR count). The van der Waals surface area contributed by atoms with Crippen LogP contribution in [0.25, 0.3) is 0 Å². The van der Waals surface area contributed by atoms with E-state index in [0.717, 1.165) is 6.42 Å². The Morgan fingerprint density at radius 2 is 1.75 bits per heavy atom. The Balaban J connectivity index is 2.36. The van der Waals surface area contributed by atoms with Crippen molar-refractivity contribution in [2.75, 3.05) is 6.61 Å². The lowest BCUT2D eigenvalue weighted by atomic mass is 9.84. The first-order valence-electron chi connectivity index (χ1n) is 8.21. The van der Waals surface area contributed by atoms with Gasteiger partial charge in [-0.25, -0.2) is 0 Å². The first-order chi connectivity index (χ1) is 9.13. The normalized spacial score (nSPS) is 21.8. The van der Waals surface area contributed by atoms with Crippen molar-refractivity contribution in [3.8, 4) is 0 Å². The molecule has 1 fully saturated rings. The van der Waals surface area contributed by atoms with Gasteiger partial charge in [0.1, 0.15) is 0 Å². The zero-order chi connectivity index (χ0) is 15.4. The molecular weight excluding hydrogens is 266 g/mol. The third-order valence-electron chi connectivity index (χ3n) is 5.25. The molecule has 4 heteroatoms. The number of rotatable bonds is 6. The second-order valence-electron chi connectivity index (χ2n) is 8.04. The number of aliphatic hydroxyl groups is 1. The standard InChI is InChI=1S/C16H35NO2Si/c1-16(2,3)20(4,5)19-12-15(18)14(17)11-13-9-7-6-8-10-13/h13-15,18H,6-12,17H2,1-5H3/t14-,15?/m0/s1. The van der Waals surface area contributed by atoms with Crippen LogP contribution in [0.2, 0.25) is 18.1 Å². The van der Waals surface area contributed by atoms with Crippen LogP contribution in [0.5, 0.6) is 0 Å². The van der Waals surface area contributed by atoms with Crippen molar-refractivity contribution >= 4 is 8.32 Å². The fourth-order valence-corrected chi connectivity index (χ4v) is 3.62. The van der Waals surface area contributed by atoms with Gasteiger partial charge < -0.3 is 15.3 Å². The Kier molecular flexibility index (Phi) is 6.70. The summed E-state index contributed by atoms with van der Waals surface area (Å²) in [6, 6.07) is -0.136. The van der Waals surface area contributed by atoms with Crippen molar-refractivity contribution in [3.05, 3.63) is 0 Å². The van der Waals surface area contributed by atoms with Crippen LogP contribution < -0.4 is 5.73 Å². The van der Waals surface area contributed by atoms with Crippen LogP contribution in [0.4, 0.5) is 0 Å². The van der Waals surface area contributed by atoms with Crippen LogP contribution in [0, 0.1) is 5.92 Å². The smallest absolute Gasteiger partial charge is 0.192 e. The minimum absolute atomic E-state index is 0.136. The van der Waals surface area contributed by atoms with E-state index in [1.165, 1.54) is 32.1 Å². The summed E-state index contributed by atoms with van der Waals surface area (Å²) in [7, 11) is -1.78. The molecule has 1 aliphatic carbocycles. The van der Waals surface area contributed by atoms with Gasteiger partial charge in [-0.15, -0.1) is 0 Å². The van der Waals surface area contributed by atoms with Crippen molar-refractivity contribution in [2.45, 2.75) is 89.6 Å². The van der Waals surface area contributed by atoms with Crippen LogP contribution in [-0.4, -0.2) is 32.2 Å². The number of nitrogens with two attached hydrogens (primary N) is 1. The van der Waals surface area contributed by atoms with Crippen molar-refractivity contribution in [1.29, 1.82) is 0 Å². The third kappa shape index (κ3) is 5.47. The van der Waals surface area contributed by atoms with E-state index in [1.807, 2.05) is 0 Å². The van der Waals surface area contributed by atoms with Gasteiger partial charge in [0.05, 0.1) is 12.7 Å². The molecule has 3 N–H and O–H groups in total. The van der Waals surface area contributed by atoms with Gasteiger partial charge in [0, 0.05) is 6.04 Å². The van der Waals surface area contributed by atoms with Crippen molar-refractivity contribution in [3.63, 3.8) is 0 Å². The highest BCUT2D eigenvalue weighted by atomic mass is 28.4. The summed E-state index contributed by atoms with van der Waals surface area (Å²) in [5, 5.41) is 10.4. The minimum atomic E-state index is -1.78. The van der Waals surface area contributed by atoms with Gasteiger partial charge in [0.2, 0.25) is 0 Å². The molecule has 1 aliphatic rings. The second kappa shape index (κ2) is 7.39. The van der Waals surface area contributed by atoms with Crippen LogP contribution in [0.1, 0.15) is 59.3 Å².